The topological polar surface area (TPSA) is 70.3 Å². The molecule has 4 nitrogen and oxygen atoms in total. The Morgan fingerprint density at radius 1 is 1.69 bits per heavy atom. The molecule has 0 bridgehead atoms. The number of hydrogen-bond acceptors (Lipinski definition) is 3. The van der Waals surface area contributed by atoms with Crippen LogP contribution in [0.1, 0.15) is 15.9 Å². The lowest BCUT2D eigenvalue weighted by Crippen LogP contribution is -2.04. The lowest BCUT2D eigenvalue weighted by molar-refractivity contribution is 0.0692. The fourth-order valence-corrected chi connectivity index (χ4v) is 1.64. The molecule has 0 radical (unpaired) electrons. The number of rotatable bonds is 4. The van der Waals surface area contributed by atoms with Gasteiger partial charge in [0.05, 0.1) is 5.56 Å². The number of hydrogen-bond donors (Lipinski definition) is 1. The summed E-state index contributed by atoms with van der Waals surface area (Å²) < 4.78 is 5.87. The maximum Gasteiger partial charge on any atom is 0.339 e. The van der Waals surface area contributed by atoms with E-state index in [1.165, 1.54) is 18.2 Å². The van der Waals surface area contributed by atoms with E-state index in [2.05, 4.69) is 6.58 Å². The molecule has 82 valence electrons. The van der Waals surface area contributed by atoms with Crippen LogP contribution in [0.2, 0.25) is 0 Å². The van der Waals surface area contributed by atoms with Crippen molar-refractivity contribution in [2.24, 2.45) is 0 Å². The van der Waals surface area contributed by atoms with Crippen LogP contribution in [0.15, 0.2) is 24.8 Å². The van der Waals surface area contributed by atoms with E-state index in [1.54, 1.807) is 0 Å². The lowest BCUT2D eigenvalue weighted by atomic mass is 10.1. The molecule has 0 amide bonds. The Balaban J connectivity index is 3.25. The highest BCUT2D eigenvalue weighted by atomic mass is 127. The van der Waals surface area contributed by atoms with Gasteiger partial charge < -0.3 is 9.84 Å². The smallest absolute Gasteiger partial charge is 0.339 e. The first-order chi connectivity index (χ1) is 7.60. The largest absolute Gasteiger partial charge is 0.489 e. The molecule has 0 saturated carbocycles. The van der Waals surface area contributed by atoms with Crippen LogP contribution >= 0.6 is 22.6 Å². The van der Waals surface area contributed by atoms with E-state index in [0.717, 1.165) is 0 Å². The summed E-state index contributed by atoms with van der Waals surface area (Å²) in [4.78, 5) is 10.9. The average Bonchev–Trinajstić information content (AvgIpc) is 2.25. The molecule has 1 rings (SSSR count). The molecule has 0 aliphatic rings. The van der Waals surface area contributed by atoms with Crippen molar-refractivity contribution < 1.29 is 14.6 Å². The van der Waals surface area contributed by atoms with Crippen LogP contribution in [0.4, 0.5) is 0 Å². The van der Waals surface area contributed by atoms with Crippen molar-refractivity contribution in [3.05, 3.63) is 39.5 Å². The van der Waals surface area contributed by atoms with Crippen LogP contribution in [0.25, 0.3) is 0 Å². The second-order valence-corrected chi connectivity index (χ2v) is 4.01. The molecule has 1 N–H and O–H groups in total. The molecule has 0 fully saturated rings. The summed E-state index contributed by atoms with van der Waals surface area (Å²) in [5, 5.41) is 17.7. The van der Waals surface area contributed by atoms with Gasteiger partial charge in [-0.3, -0.25) is 0 Å². The van der Waals surface area contributed by atoms with Crippen LogP contribution in [-0.2, 0) is 0 Å². The SMILES string of the molecule is C=CCOc1cc(I)c(C#N)cc1C(=O)O. The first kappa shape index (κ1) is 12.5. The third-order valence-corrected chi connectivity index (χ3v) is 2.67. The number of aromatic carboxylic acids is 1. The number of carboxylic acids is 1. The molecule has 0 heterocycles. The Labute approximate surface area is 106 Å². The number of nitrogens with zero attached hydrogens (tertiary/aromatic N) is 1. The molecular weight excluding hydrogens is 321 g/mol. The summed E-state index contributed by atoms with van der Waals surface area (Å²) in [5.74, 6) is -0.872. The van der Waals surface area contributed by atoms with Crippen LogP contribution in [0.5, 0.6) is 5.75 Å². The van der Waals surface area contributed by atoms with Crippen LogP contribution in [0, 0.1) is 14.9 Å². The zero-order valence-corrected chi connectivity index (χ0v) is 10.4. The first-order valence-electron chi connectivity index (χ1n) is 4.30. The van der Waals surface area contributed by atoms with Crippen molar-refractivity contribution >= 4 is 28.6 Å². The Bertz CT molecular complexity index is 477. The fraction of sp³-hybridized carbons (Fsp3) is 0.0909. The third kappa shape index (κ3) is 2.73. The molecule has 0 aliphatic carbocycles. The quantitative estimate of drug-likeness (QED) is 0.680. The van der Waals surface area contributed by atoms with Crippen LogP contribution < -0.4 is 4.74 Å². The van der Waals surface area contributed by atoms with Gasteiger partial charge in [-0.05, 0) is 34.7 Å². The van der Waals surface area contributed by atoms with Gasteiger partial charge in [-0.2, -0.15) is 5.26 Å². The molecule has 1 aromatic carbocycles. The van der Waals surface area contributed by atoms with Crippen molar-refractivity contribution in [3.8, 4) is 11.8 Å². The Morgan fingerprint density at radius 3 is 2.88 bits per heavy atom. The normalized spacial score (nSPS) is 9.25. The molecule has 16 heavy (non-hydrogen) atoms. The Morgan fingerprint density at radius 2 is 2.38 bits per heavy atom. The number of carbonyl (C=O) groups is 1. The fourth-order valence-electron chi connectivity index (χ4n) is 1.08. The van der Waals surface area contributed by atoms with E-state index in [1.807, 2.05) is 28.7 Å². The standard InChI is InChI=1S/C11H8INO3/c1-2-3-16-10-5-9(12)7(6-13)4-8(10)11(14)15/h2,4-5H,1,3H2,(H,14,15). The number of carboxylic acid groups (broad SMARTS) is 1. The second kappa shape index (κ2) is 5.51. The summed E-state index contributed by atoms with van der Waals surface area (Å²) in [7, 11) is 0. The second-order valence-electron chi connectivity index (χ2n) is 2.84. The van der Waals surface area contributed by atoms with Gasteiger partial charge in [-0.25, -0.2) is 4.79 Å². The van der Waals surface area contributed by atoms with Gasteiger partial charge in [-0.1, -0.05) is 12.7 Å². The van der Waals surface area contributed by atoms with Crippen molar-refractivity contribution in [1.29, 1.82) is 5.26 Å². The molecule has 0 spiro atoms. The van der Waals surface area contributed by atoms with Gasteiger partial charge in [0, 0.05) is 3.57 Å². The predicted molar refractivity (Wildman–Crippen MR) is 66.5 cm³/mol. The van der Waals surface area contributed by atoms with E-state index in [9.17, 15) is 4.79 Å². The molecule has 1 aromatic rings. The van der Waals surface area contributed by atoms with Crippen molar-refractivity contribution in [2.75, 3.05) is 6.61 Å². The molecule has 0 aliphatic heterocycles. The molecule has 0 atom stereocenters. The molecule has 0 unspecified atom stereocenters. The number of nitriles is 1. The summed E-state index contributed by atoms with van der Waals surface area (Å²) in [6, 6.07) is 4.77. The lowest BCUT2D eigenvalue weighted by Gasteiger charge is -2.08. The maximum atomic E-state index is 10.9. The van der Waals surface area contributed by atoms with E-state index in [0.29, 0.717) is 9.13 Å². The summed E-state index contributed by atoms with van der Waals surface area (Å²) in [5.41, 5.74) is 0.308. The minimum absolute atomic E-state index is 0.0150. The van der Waals surface area contributed by atoms with Crippen molar-refractivity contribution in [1.82, 2.24) is 0 Å². The van der Waals surface area contributed by atoms with Gasteiger partial charge in [0.1, 0.15) is 24.0 Å². The van der Waals surface area contributed by atoms with Crippen molar-refractivity contribution in [3.63, 3.8) is 0 Å². The number of benzene rings is 1. The van der Waals surface area contributed by atoms with Gasteiger partial charge in [-0.15, -0.1) is 0 Å². The number of ether oxygens (including phenoxy) is 1. The average molecular weight is 329 g/mol. The summed E-state index contributed by atoms with van der Waals surface area (Å²) in [6.07, 6.45) is 1.52. The molecular formula is C11H8INO3. The first-order valence-corrected chi connectivity index (χ1v) is 5.38. The molecule has 5 heteroatoms. The zero-order valence-electron chi connectivity index (χ0n) is 8.24. The zero-order chi connectivity index (χ0) is 12.1. The minimum atomic E-state index is -1.12. The van der Waals surface area contributed by atoms with Crippen LogP contribution in [-0.4, -0.2) is 17.7 Å². The monoisotopic (exact) mass is 329 g/mol. The maximum absolute atomic E-state index is 10.9. The van der Waals surface area contributed by atoms with Crippen molar-refractivity contribution in [2.45, 2.75) is 0 Å². The molecule has 0 aromatic heterocycles. The Kier molecular flexibility index (Phi) is 4.31. The van der Waals surface area contributed by atoms with Gasteiger partial charge in [0.2, 0.25) is 0 Å². The van der Waals surface area contributed by atoms with Gasteiger partial charge >= 0.3 is 5.97 Å². The number of halogens is 1. The van der Waals surface area contributed by atoms with E-state index in [4.69, 9.17) is 15.1 Å². The highest BCUT2D eigenvalue weighted by molar-refractivity contribution is 14.1. The van der Waals surface area contributed by atoms with E-state index < -0.39 is 5.97 Å². The van der Waals surface area contributed by atoms with E-state index >= 15 is 0 Å². The van der Waals surface area contributed by atoms with Crippen LogP contribution in [0.3, 0.4) is 0 Å². The highest BCUT2D eigenvalue weighted by Crippen LogP contribution is 2.25. The Hall–Kier alpha value is -1.55. The highest BCUT2D eigenvalue weighted by Gasteiger charge is 2.14. The molecule has 0 saturated heterocycles. The minimum Gasteiger partial charge on any atom is -0.489 e. The predicted octanol–water partition coefficient (Wildman–Crippen LogP) is 2.43. The van der Waals surface area contributed by atoms with Gasteiger partial charge in [0.15, 0.2) is 0 Å². The third-order valence-electron chi connectivity index (χ3n) is 1.78. The summed E-state index contributed by atoms with van der Waals surface area (Å²) in [6.45, 7) is 3.70. The summed E-state index contributed by atoms with van der Waals surface area (Å²) >= 11 is 1.96. The van der Waals surface area contributed by atoms with E-state index in [-0.39, 0.29) is 17.9 Å². The van der Waals surface area contributed by atoms with Gasteiger partial charge in [0.25, 0.3) is 0 Å².